The van der Waals surface area contributed by atoms with Gasteiger partial charge in [-0.25, -0.2) is 0 Å². The van der Waals surface area contributed by atoms with Gasteiger partial charge in [-0.2, -0.15) is 8.78 Å². The maximum Gasteiger partial charge on any atom is 0.387 e. The van der Waals surface area contributed by atoms with E-state index in [1.54, 1.807) is 12.1 Å². The Morgan fingerprint density at radius 2 is 1.86 bits per heavy atom. The van der Waals surface area contributed by atoms with Crippen LogP contribution >= 0.6 is 0 Å². The second-order valence-electron chi connectivity index (χ2n) is 6.63. The largest absolute Gasteiger partial charge is 0.433 e. The summed E-state index contributed by atoms with van der Waals surface area (Å²) in [6.45, 7) is -2.68. The van der Waals surface area contributed by atoms with Crippen molar-refractivity contribution in [1.29, 1.82) is 0 Å². The average Bonchev–Trinajstić information content (AvgIpc) is 2.90. The molecule has 0 aromatic heterocycles. The Balaban J connectivity index is 1.74. The first-order valence-electron chi connectivity index (χ1n) is 8.73. The summed E-state index contributed by atoms with van der Waals surface area (Å²) in [6.07, 6.45) is 1.31. The van der Waals surface area contributed by atoms with Crippen molar-refractivity contribution in [1.82, 2.24) is 4.90 Å². The maximum atomic E-state index is 13.1. The Kier molecular flexibility index (Phi) is 4.33. The monoisotopic (exact) mass is 386 g/mol. The second-order valence-corrected chi connectivity index (χ2v) is 6.63. The topological polar surface area (TPSA) is 66.9 Å². The lowest BCUT2D eigenvalue weighted by atomic mass is 9.99. The molecule has 0 aliphatic carbocycles. The van der Waals surface area contributed by atoms with Crippen LogP contribution in [0, 0.1) is 0 Å². The normalized spacial score (nSPS) is 15.7. The van der Waals surface area contributed by atoms with Crippen LogP contribution in [0.25, 0.3) is 0 Å². The standard InChI is InChI=1S/C20H16F2N2O4/c1-23-18(26)13-8-7-12(10-14(13)19(23)27)17(25)24-9-3-5-11-4-2-6-15(16(11)24)28-20(21)22/h2,4,6-8,10,20H,3,5,9H2,1H3. The molecule has 0 unspecified atom stereocenters. The van der Waals surface area contributed by atoms with E-state index in [-0.39, 0.29) is 22.4 Å². The van der Waals surface area contributed by atoms with Crippen molar-refractivity contribution in [2.45, 2.75) is 19.5 Å². The molecule has 2 heterocycles. The molecular formula is C20H16F2N2O4. The molecule has 3 amide bonds. The minimum atomic E-state index is -3.01. The highest BCUT2D eigenvalue weighted by atomic mass is 19.3. The number of ether oxygens (including phenoxy) is 1. The van der Waals surface area contributed by atoms with Crippen LogP contribution in [0.1, 0.15) is 43.1 Å². The van der Waals surface area contributed by atoms with Crippen LogP contribution in [0.3, 0.4) is 0 Å². The first-order chi connectivity index (χ1) is 13.4. The molecule has 0 fully saturated rings. The predicted molar refractivity (Wildman–Crippen MR) is 95.9 cm³/mol. The Morgan fingerprint density at radius 3 is 2.61 bits per heavy atom. The summed E-state index contributed by atoms with van der Waals surface area (Å²) in [7, 11) is 1.38. The lowest BCUT2D eigenvalue weighted by Crippen LogP contribution is -2.36. The van der Waals surface area contributed by atoms with E-state index in [1.807, 2.05) is 0 Å². The summed E-state index contributed by atoms with van der Waals surface area (Å²) in [6, 6.07) is 9.07. The summed E-state index contributed by atoms with van der Waals surface area (Å²) in [5.41, 5.74) is 1.66. The summed E-state index contributed by atoms with van der Waals surface area (Å²) >= 11 is 0. The molecule has 2 aromatic rings. The Labute approximate surface area is 159 Å². The van der Waals surface area contributed by atoms with E-state index in [4.69, 9.17) is 0 Å². The van der Waals surface area contributed by atoms with Gasteiger partial charge in [0.15, 0.2) is 0 Å². The number of amides is 3. The number of anilines is 1. The zero-order chi connectivity index (χ0) is 20.0. The van der Waals surface area contributed by atoms with Crippen molar-refractivity contribution in [2.24, 2.45) is 0 Å². The van der Waals surface area contributed by atoms with E-state index in [0.717, 1.165) is 10.5 Å². The highest BCUT2D eigenvalue weighted by Crippen LogP contribution is 2.38. The summed E-state index contributed by atoms with van der Waals surface area (Å²) in [5.74, 6) is -1.40. The van der Waals surface area contributed by atoms with E-state index in [9.17, 15) is 23.2 Å². The van der Waals surface area contributed by atoms with Gasteiger partial charge in [0.1, 0.15) is 5.75 Å². The molecule has 0 saturated heterocycles. The molecule has 144 valence electrons. The van der Waals surface area contributed by atoms with Gasteiger partial charge in [-0.3, -0.25) is 19.3 Å². The average molecular weight is 386 g/mol. The third-order valence-corrected chi connectivity index (χ3v) is 4.98. The zero-order valence-corrected chi connectivity index (χ0v) is 14.9. The molecule has 2 aliphatic heterocycles. The summed E-state index contributed by atoms with van der Waals surface area (Å²) in [4.78, 5) is 39.8. The fourth-order valence-electron chi connectivity index (χ4n) is 3.66. The fourth-order valence-corrected chi connectivity index (χ4v) is 3.66. The Hall–Kier alpha value is -3.29. The number of imide groups is 1. The van der Waals surface area contributed by atoms with Gasteiger partial charge in [0, 0.05) is 19.2 Å². The molecule has 0 bridgehead atoms. The molecule has 0 radical (unpaired) electrons. The number of alkyl halides is 2. The first-order valence-corrected chi connectivity index (χ1v) is 8.73. The third-order valence-electron chi connectivity index (χ3n) is 4.98. The molecule has 2 aromatic carbocycles. The van der Waals surface area contributed by atoms with Gasteiger partial charge in [0.25, 0.3) is 17.7 Å². The number of halogens is 2. The van der Waals surface area contributed by atoms with Gasteiger partial charge < -0.3 is 9.64 Å². The SMILES string of the molecule is CN1C(=O)c2ccc(C(=O)N3CCCc4cccc(OC(F)F)c43)cc2C1=O. The molecule has 4 rings (SSSR count). The minimum absolute atomic E-state index is 0.0623. The van der Waals surface area contributed by atoms with Crippen molar-refractivity contribution < 1.29 is 27.9 Å². The number of aryl methyl sites for hydroxylation is 1. The maximum absolute atomic E-state index is 13.1. The van der Waals surface area contributed by atoms with E-state index in [1.165, 1.54) is 36.2 Å². The predicted octanol–water partition coefficient (Wildman–Crippen LogP) is 3.11. The van der Waals surface area contributed by atoms with Crippen molar-refractivity contribution in [3.63, 3.8) is 0 Å². The zero-order valence-electron chi connectivity index (χ0n) is 14.9. The van der Waals surface area contributed by atoms with Crippen molar-refractivity contribution >= 4 is 23.4 Å². The Morgan fingerprint density at radius 1 is 1.11 bits per heavy atom. The number of carbonyl (C=O) groups excluding carboxylic acids is 3. The number of rotatable bonds is 3. The summed E-state index contributed by atoms with van der Waals surface area (Å²) < 4.78 is 30.2. The molecular weight excluding hydrogens is 370 g/mol. The third kappa shape index (κ3) is 2.81. The van der Waals surface area contributed by atoms with Crippen molar-refractivity contribution in [3.05, 3.63) is 58.7 Å². The highest BCUT2D eigenvalue weighted by Gasteiger charge is 2.34. The quantitative estimate of drug-likeness (QED) is 0.761. The van der Waals surface area contributed by atoms with Crippen LogP contribution < -0.4 is 9.64 Å². The molecule has 6 nitrogen and oxygen atoms in total. The van der Waals surface area contributed by atoms with Crippen LogP contribution in [0.4, 0.5) is 14.5 Å². The van der Waals surface area contributed by atoms with Crippen molar-refractivity contribution in [2.75, 3.05) is 18.5 Å². The number of para-hydroxylation sites is 1. The van der Waals surface area contributed by atoms with E-state index < -0.39 is 24.3 Å². The van der Waals surface area contributed by atoms with Gasteiger partial charge >= 0.3 is 6.61 Å². The fraction of sp³-hybridized carbons (Fsp3) is 0.250. The summed E-state index contributed by atoms with van der Waals surface area (Å²) in [5, 5.41) is 0. The number of nitrogens with zero attached hydrogens (tertiary/aromatic N) is 2. The van der Waals surface area contributed by atoms with Crippen LogP contribution in [-0.4, -0.2) is 42.8 Å². The molecule has 8 heteroatoms. The van der Waals surface area contributed by atoms with Gasteiger partial charge in [0.2, 0.25) is 0 Å². The number of hydrogen-bond acceptors (Lipinski definition) is 4. The molecule has 2 aliphatic rings. The van der Waals surface area contributed by atoms with Gasteiger partial charge in [-0.1, -0.05) is 12.1 Å². The smallest absolute Gasteiger partial charge is 0.387 e. The Bertz CT molecular complexity index is 1010. The highest BCUT2D eigenvalue weighted by molar-refractivity contribution is 6.22. The molecule has 0 saturated carbocycles. The van der Waals surface area contributed by atoms with Crippen molar-refractivity contribution in [3.8, 4) is 5.75 Å². The van der Waals surface area contributed by atoms with Gasteiger partial charge in [0.05, 0.1) is 16.8 Å². The van der Waals surface area contributed by atoms with Gasteiger partial charge in [-0.05, 0) is 42.7 Å². The van der Waals surface area contributed by atoms with E-state index >= 15 is 0 Å². The lowest BCUT2D eigenvalue weighted by molar-refractivity contribution is -0.0496. The van der Waals surface area contributed by atoms with Crippen LogP contribution in [-0.2, 0) is 6.42 Å². The van der Waals surface area contributed by atoms with Crippen LogP contribution in [0.5, 0.6) is 5.75 Å². The molecule has 0 N–H and O–H groups in total. The number of benzene rings is 2. The number of fused-ring (bicyclic) bond motifs is 2. The molecule has 0 atom stereocenters. The number of hydrogen-bond donors (Lipinski definition) is 0. The minimum Gasteiger partial charge on any atom is -0.433 e. The van der Waals surface area contributed by atoms with Gasteiger partial charge in [-0.15, -0.1) is 0 Å². The molecule has 28 heavy (non-hydrogen) atoms. The lowest BCUT2D eigenvalue weighted by Gasteiger charge is -2.31. The number of carbonyl (C=O) groups is 3. The van der Waals surface area contributed by atoms with Crippen LogP contribution in [0.2, 0.25) is 0 Å². The second kappa shape index (κ2) is 6.70. The molecule has 0 spiro atoms. The van der Waals surface area contributed by atoms with Crippen LogP contribution in [0.15, 0.2) is 36.4 Å². The first kappa shape index (κ1) is 18.1. The van der Waals surface area contributed by atoms with E-state index in [2.05, 4.69) is 4.74 Å². The van der Waals surface area contributed by atoms with E-state index in [0.29, 0.717) is 25.1 Å².